The van der Waals surface area contributed by atoms with Gasteiger partial charge in [0.25, 0.3) is 5.91 Å². The van der Waals surface area contributed by atoms with Crippen LogP contribution in [0.1, 0.15) is 20.9 Å². The highest BCUT2D eigenvalue weighted by Crippen LogP contribution is 2.26. The number of fused-ring (bicyclic) bond motifs is 1. The molecule has 0 saturated carbocycles. The Bertz CT molecular complexity index is 650. The molecule has 1 amide bonds. The molecule has 0 bridgehead atoms. The van der Waals surface area contributed by atoms with Crippen LogP contribution >= 0.6 is 27.3 Å². The fourth-order valence-corrected chi connectivity index (χ4v) is 3.52. The van der Waals surface area contributed by atoms with E-state index in [9.17, 15) is 9.18 Å². The van der Waals surface area contributed by atoms with E-state index in [1.54, 1.807) is 0 Å². The Hall–Kier alpha value is -1.31. The van der Waals surface area contributed by atoms with E-state index in [1.807, 2.05) is 0 Å². The van der Waals surface area contributed by atoms with E-state index in [-0.39, 0.29) is 11.7 Å². The van der Waals surface area contributed by atoms with E-state index in [0.29, 0.717) is 15.2 Å². The molecule has 0 spiro atoms. The second-order valence-corrected chi connectivity index (χ2v) is 6.33. The normalized spacial score (nSPS) is 13.9. The van der Waals surface area contributed by atoms with Gasteiger partial charge in [0.15, 0.2) is 5.13 Å². The molecule has 0 aliphatic carbocycles. The number of hydrogen-bond donors (Lipinski definition) is 2. The molecular formula is C13H11BrFN3OS. The van der Waals surface area contributed by atoms with Crippen molar-refractivity contribution >= 4 is 38.3 Å². The molecule has 0 saturated heterocycles. The molecule has 1 aliphatic heterocycles. The fourth-order valence-electron chi connectivity index (χ4n) is 2.02. The first-order chi connectivity index (χ1) is 9.63. The number of aromatic nitrogens is 1. The van der Waals surface area contributed by atoms with E-state index in [2.05, 4.69) is 31.5 Å². The number of nitrogens with one attached hydrogen (secondary N) is 2. The molecule has 2 aromatic rings. The number of anilines is 1. The summed E-state index contributed by atoms with van der Waals surface area (Å²) in [6.45, 7) is 1.71. The summed E-state index contributed by atoms with van der Waals surface area (Å²) in [5, 5.41) is 6.61. The minimum Gasteiger partial charge on any atom is -0.311 e. The Balaban J connectivity index is 1.80. The maximum atomic E-state index is 13.0. The maximum absolute atomic E-state index is 13.0. The van der Waals surface area contributed by atoms with E-state index in [1.165, 1.54) is 29.5 Å². The van der Waals surface area contributed by atoms with Crippen LogP contribution in [0.2, 0.25) is 0 Å². The molecule has 20 heavy (non-hydrogen) atoms. The monoisotopic (exact) mass is 355 g/mol. The Morgan fingerprint density at radius 2 is 2.35 bits per heavy atom. The first-order valence-electron chi connectivity index (χ1n) is 6.09. The van der Waals surface area contributed by atoms with Crippen molar-refractivity contribution in [2.24, 2.45) is 0 Å². The molecule has 0 radical (unpaired) electrons. The van der Waals surface area contributed by atoms with Gasteiger partial charge in [-0.2, -0.15) is 0 Å². The Kier molecular flexibility index (Phi) is 3.82. The number of rotatable bonds is 2. The number of hydrogen-bond acceptors (Lipinski definition) is 4. The summed E-state index contributed by atoms with van der Waals surface area (Å²) >= 11 is 4.66. The summed E-state index contributed by atoms with van der Waals surface area (Å²) in [5.41, 5.74) is 1.43. The molecule has 0 atom stereocenters. The minimum absolute atomic E-state index is 0.295. The minimum atomic E-state index is -0.385. The van der Waals surface area contributed by atoms with Crippen molar-refractivity contribution in [3.05, 3.63) is 44.6 Å². The lowest BCUT2D eigenvalue weighted by Gasteiger charge is -2.09. The summed E-state index contributed by atoms with van der Waals surface area (Å²) in [4.78, 5) is 17.7. The standard InChI is InChI=1S/C13H11BrFN3OS/c14-9-5-7(15)1-2-8(9)12(19)18-13-17-10-3-4-16-6-11(10)20-13/h1-2,5,16H,3-4,6H2,(H,17,18,19). The molecule has 3 rings (SSSR count). The third-order valence-corrected chi connectivity index (χ3v) is 4.67. The van der Waals surface area contributed by atoms with E-state index < -0.39 is 0 Å². The van der Waals surface area contributed by atoms with Crippen LogP contribution in [0.25, 0.3) is 0 Å². The van der Waals surface area contributed by atoms with Crippen LogP contribution in [0, 0.1) is 5.82 Å². The van der Waals surface area contributed by atoms with Crippen molar-refractivity contribution in [1.29, 1.82) is 0 Å². The second-order valence-electron chi connectivity index (χ2n) is 4.39. The highest BCUT2D eigenvalue weighted by molar-refractivity contribution is 9.10. The average Bonchev–Trinajstić information content (AvgIpc) is 2.80. The largest absolute Gasteiger partial charge is 0.311 e. The SMILES string of the molecule is O=C(Nc1nc2c(s1)CNCC2)c1ccc(F)cc1Br. The van der Waals surface area contributed by atoms with Gasteiger partial charge in [0, 0.05) is 28.9 Å². The van der Waals surface area contributed by atoms with Crippen LogP contribution in [0.15, 0.2) is 22.7 Å². The van der Waals surface area contributed by atoms with Gasteiger partial charge in [-0.25, -0.2) is 9.37 Å². The zero-order chi connectivity index (χ0) is 14.1. The quantitative estimate of drug-likeness (QED) is 0.870. The third-order valence-electron chi connectivity index (χ3n) is 3.00. The highest BCUT2D eigenvalue weighted by atomic mass is 79.9. The molecule has 2 heterocycles. The molecule has 7 heteroatoms. The van der Waals surface area contributed by atoms with Crippen molar-refractivity contribution in [3.63, 3.8) is 0 Å². The summed E-state index contributed by atoms with van der Waals surface area (Å²) in [6, 6.07) is 3.98. The Morgan fingerprint density at radius 1 is 1.50 bits per heavy atom. The van der Waals surface area contributed by atoms with Gasteiger partial charge in [0.1, 0.15) is 5.82 Å². The third kappa shape index (κ3) is 2.74. The molecule has 4 nitrogen and oxygen atoms in total. The van der Waals surface area contributed by atoms with Crippen LogP contribution in [0.4, 0.5) is 9.52 Å². The lowest BCUT2D eigenvalue weighted by atomic mass is 10.2. The van der Waals surface area contributed by atoms with Gasteiger partial charge in [-0.05, 0) is 34.1 Å². The highest BCUT2D eigenvalue weighted by Gasteiger charge is 2.17. The number of amides is 1. The number of halogens is 2. The van der Waals surface area contributed by atoms with E-state index in [0.717, 1.165) is 30.1 Å². The molecule has 2 N–H and O–H groups in total. The van der Waals surface area contributed by atoms with Crippen LogP contribution < -0.4 is 10.6 Å². The smallest absolute Gasteiger partial charge is 0.258 e. The van der Waals surface area contributed by atoms with E-state index >= 15 is 0 Å². The summed E-state index contributed by atoms with van der Waals surface area (Å²) in [5.74, 6) is -0.680. The molecule has 0 fully saturated rings. The number of nitrogens with zero attached hydrogens (tertiary/aromatic N) is 1. The molecule has 1 aromatic heterocycles. The predicted octanol–water partition coefficient (Wildman–Crippen LogP) is 2.94. The summed E-state index contributed by atoms with van der Waals surface area (Å²) in [6.07, 6.45) is 0.877. The fraction of sp³-hybridized carbons (Fsp3) is 0.231. The predicted molar refractivity (Wildman–Crippen MR) is 79.6 cm³/mol. The van der Waals surface area contributed by atoms with E-state index in [4.69, 9.17) is 0 Å². The summed E-state index contributed by atoms with van der Waals surface area (Å²) < 4.78 is 13.4. The van der Waals surface area contributed by atoms with Crippen LogP contribution in [-0.2, 0) is 13.0 Å². The first-order valence-corrected chi connectivity index (χ1v) is 7.70. The lowest BCUT2D eigenvalue weighted by Crippen LogP contribution is -2.22. The molecule has 1 aliphatic rings. The van der Waals surface area contributed by atoms with Gasteiger partial charge >= 0.3 is 0 Å². The van der Waals surface area contributed by atoms with Crippen molar-refractivity contribution in [2.75, 3.05) is 11.9 Å². The van der Waals surface area contributed by atoms with Crippen molar-refractivity contribution in [3.8, 4) is 0 Å². The zero-order valence-electron chi connectivity index (χ0n) is 10.4. The average molecular weight is 356 g/mol. The van der Waals surface area contributed by atoms with Gasteiger partial charge in [0.2, 0.25) is 0 Å². The topological polar surface area (TPSA) is 54.0 Å². The van der Waals surface area contributed by atoms with Crippen molar-refractivity contribution < 1.29 is 9.18 Å². The van der Waals surface area contributed by atoms with Gasteiger partial charge < -0.3 is 5.32 Å². The number of carbonyl (C=O) groups is 1. The van der Waals surface area contributed by atoms with Crippen molar-refractivity contribution in [1.82, 2.24) is 10.3 Å². The van der Waals surface area contributed by atoms with Crippen LogP contribution in [0.3, 0.4) is 0 Å². The molecular weight excluding hydrogens is 345 g/mol. The maximum Gasteiger partial charge on any atom is 0.258 e. The number of thiazole rings is 1. The van der Waals surface area contributed by atoms with Crippen molar-refractivity contribution in [2.45, 2.75) is 13.0 Å². The summed E-state index contributed by atoms with van der Waals surface area (Å²) in [7, 11) is 0. The van der Waals surface area contributed by atoms with Crippen LogP contribution in [-0.4, -0.2) is 17.4 Å². The van der Waals surface area contributed by atoms with Crippen LogP contribution in [0.5, 0.6) is 0 Å². The first kappa shape index (κ1) is 13.7. The van der Waals surface area contributed by atoms with Gasteiger partial charge in [-0.15, -0.1) is 11.3 Å². The molecule has 1 aromatic carbocycles. The second kappa shape index (κ2) is 5.59. The Labute approximate surface area is 127 Å². The Morgan fingerprint density at radius 3 is 3.10 bits per heavy atom. The van der Waals surface area contributed by atoms with Gasteiger partial charge in [-0.1, -0.05) is 0 Å². The number of benzene rings is 1. The number of carbonyl (C=O) groups excluding carboxylic acids is 1. The van der Waals surface area contributed by atoms with Gasteiger partial charge in [-0.3, -0.25) is 10.1 Å². The molecule has 104 valence electrons. The molecule has 0 unspecified atom stereocenters. The lowest BCUT2D eigenvalue weighted by molar-refractivity contribution is 0.102. The zero-order valence-corrected chi connectivity index (χ0v) is 12.8. The van der Waals surface area contributed by atoms with Gasteiger partial charge in [0.05, 0.1) is 11.3 Å².